The molecular weight excluding hydrogens is 308 g/mol. The molecule has 1 heterocycles. The number of halogens is 1. The Bertz CT molecular complexity index is 678. The number of aromatic nitrogens is 1. The van der Waals surface area contributed by atoms with Crippen LogP contribution in [-0.2, 0) is 6.54 Å². The first-order valence-electron chi connectivity index (χ1n) is 6.19. The largest absolute Gasteiger partial charge is 0.480 e. The number of rotatable bonds is 5. The lowest BCUT2D eigenvalue weighted by atomic mass is 10.2. The van der Waals surface area contributed by atoms with E-state index in [0.29, 0.717) is 23.0 Å². The molecular formula is C14H15ClN4OS. The Morgan fingerprint density at radius 2 is 2.24 bits per heavy atom. The van der Waals surface area contributed by atoms with Crippen molar-refractivity contribution in [2.75, 3.05) is 31.4 Å². The molecule has 1 aromatic carbocycles. The summed E-state index contributed by atoms with van der Waals surface area (Å²) in [5.41, 5.74) is 1.28. The van der Waals surface area contributed by atoms with Crippen molar-refractivity contribution in [2.45, 2.75) is 6.54 Å². The molecule has 110 valence electrons. The third-order valence-corrected chi connectivity index (χ3v) is 4.30. The van der Waals surface area contributed by atoms with E-state index in [4.69, 9.17) is 21.6 Å². The van der Waals surface area contributed by atoms with Crippen molar-refractivity contribution in [3.05, 3.63) is 33.7 Å². The molecule has 0 atom stereocenters. The summed E-state index contributed by atoms with van der Waals surface area (Å²) < 4.78 is 5.29. The summed E-state index contributed by atoms with van der Waals surface area (Å²) in [7, 11) is 5.48. The van der Waals surface area contributed by atoms with E-state index in [1.165, 1.54) is 0 Å². The topological polar surface area (TPSA) is 61.2 Å². The molecule has 0 saturated carbocycles. The summed E-state index contributed by atoms with van der Waals surface area (Å²) in [6.45, 7) is 0.571. The normalized spacial score (nSPS) is 10.0. The molecule has 2 rings (SSSR count). The van der Waals surface area contributed by atoms with Gasteiger partial charge in [0.15, 0.2) is 5.13 Å². The van der Waals surface area contributed by atoms with Crippen LogP contribution in [0.15, 0.2) is 18.2 Å². The first-order valence-corrected chi connectivity index (χ1v) is 7.39. The third-order valence-electron chi connectivity index (χ3n) is 2.77. The summed E-state index contributed by atoms with van der Waals surface area (Å²) in [4.78, 5) is 7.33. The van der Waals surface area contributed by atoms with Crippen LogP contribution in [0.25, 0.3) is 0 Å². The van der Waals surface area contributed by atoms with Crippen LogP contribution in [0.3, 0.4) is 0 Å². The van der Waals surface area contributed by atoms with E-state index in [9.17, 15) is 0 Å². The van der Waals surface area contributed by atoms with Gasteiger partial charge in [0.25, 0.3) is 0 Å². The number of ether oxygens (including phenoxy) is 1. The number of hydrogen-bond donors (Lipinski definition) is 1. The number of methoxy groups -OCH3 is 1. The van der Waals surface area contributed by atoms with Crippen molar-refractivity contribution in [3.63, 3.8) is 0 Å². The molecule has 0 fully saturated rings. The standard InChI is InChI=1S/C14H15ClN4OS/c1-19(2)14-18-13(20-3)12(21-14)8-17-10-4-5-11(15)9(6-10)7-16/h4-6,17H,8H2,1-3H3. The molecule has 0 spiro atoms. The van der Waals surface area contributed by atoms with Gasteiger partial charge >= 0.3 is 0 Å². The van der Waals surface area contributed by atoms with Gasteiger partial charge in [-0.1, -0.05) is 22.9 Å². The van der Waals surface area contributed by atoms with Crippen LogP contribution >= 0.6 is 22.9 Å². The average molecular weight is 323 g/mol. The summed E-state index contributed by atoms with van der Waals surface area (Å²) in [5.74, 6) is 0.616. The molecule has 0 unspecified atom stereocenters. The second-order valence-electron chi connectivity index (χ2n) is 4.48. The molecule has 5 nitrogen and oxygen atoms in total. The second kappa shape index (κ2) is 6.66. The zero-order valence-electron chi connectivity index (χ0n) is 12.0. The number of benzene rings is 1. The highest BCUT2D eigenvalue weighted by molar-refractivity contribution is 7.15. The van der Waals surface area contributed by atoms with Gasteiger partial charge in [-0.2, -0.15) is 10.2 Å². The molecule has 0 aliphatic carbocycles. The fraction of sp³-hybridized carbons (Fsp3) is 0.286. The molecule has 1 N–H and O–H groups in total. The number of nitrogens with one attached hydrogen (secondary N) is 1. The van der Waals surface area contributed by atoms with Crippen LogP contribution in [0.1, 0.15) is 10.4 Å². The lowest BCUT2D eigenvalue weighted by Gasteiger charge is -2.07. The molecule has 0 radical (unpaired) electrons. The quantitative estimate of drug-likeness (QED) is 0.914. The average Bonchev–Trinajstić information content (AvgIpc) is 2.90. The highest BCUT2D eigenvalue weighted by Gasteiger charge is 2.13. The fourth-order valence-corrected chi connectivity index (χ4v) is 2.74. The van der Waals surface area contributed by atoms with E-state index < -0.39 is 0 Å². The predicted molar refractivity (Wildman–Crippen MR) is 86.5 cm³/mol. The van der Waals surface area contributed by atoms with Crippen LogP contribution in [0, 0.1) is 11.3 Å². The highest BCUT2D eigenvalue weighted by Crippen LogP contribution is 2.31. The Morgan fingerprint density at radius 1 is 1.48 bits per heavy atom. The SMILES string of the molecule is COc1nc(N(C)C)sc1CNc1ccc(Cl)c(C#N)c1. The zero-order valence-corrected chi connectivity index (χ0v) is 13.5. The van der Waals surface area contributed by atoms with E-state index in [2.05, 4.69) is 16.4 Å². The van der Waals surface area contributed by atoms with Gasteiger partial charge < -0.3 is 15.0 Å². The van der Waals surface area contributed by atoms with E-state index in [1.54, 1.807) is 30.6 Å². The lowest BCUT2D eigenvalue weighted by molar-refractivity contribution is 0.397. The van der Waals surface area contributed by atoms with Gasteiger partial charge in [0.2, 0.25) is 5.88 Å². The predicted octanol–water partition coefficient (Wildman–Crippen LogP) is 3.35. The maximum absolute atomic E-state index is 8.98. The smallest absolute Gasteiger partial charge is 0.231 e. The van der Waals surface area contributed by atoms with Crippen LogP contribution in [0.5, 0.6) is 5.88 Å². The van der Waals surface area contributed by atoms with E-state index in [1.807, 2.05) is 25.1 Å². The summed E-state index contributed by atoms with van der Waals surface area (Å²) in [6.07, 6.45) is 0. The molecule has 0 bridgehead atoms. The molecule has 1 aromatic heterocycles. The van der Waals surface area contributed by atoms with Crippen molar-refractivity contribution in [3.8, 4) is 11.9 Å². The van der Waals surface area contributed by atoms with Gasteiger partial charge in [0.1, 0.15) is 6.07 Å². The molecule has 0 aliphatic rings. The van der Waals surface area contributed by atoms with E-state index in [-0.39, 0.29) is 0 Å². The fourth-order valence-electron chi connectivity index (χ4n) is 1.69. The summed E-state index contributed by atoms with van der Waals surface area (Å²) >= 11 is 7.48. The highest BCUT2D eigenvalue weighted by atomic mass is 35.5. The first-order chi connectivity index (χ1) is 10.0. The van der Waals surface area contributed by atoms with Crippen LogP contribution in [-0.4, -0.2) is 26.2 Å². The number of nitrogens with zero attached hydrogens (tertiary/aromatic N) is 3. The Morgan fingerprint density at radius 3 is 2.86 bits per heavy atom. The van der Waals surface area contributed by atoms with Crippen LogP contribution in [0.4, 0.5) is 10.8 Å². The Balaban J connectivity index is 2.14. The number of anilines is 2. The summed E-state index contributed by atoms with van der Waals surface area (Å²) in [6, 6.07) is 7.33. The lowest BCUT2D eigenvalue weighted by Crippen LogP contribution is -2.07. The van der Waals surface area contributed by atoms with Gasteiger partial charge in [-0.25, -0.2) is 0 Å². The van der Waals surface area contributed by atoms with Gasteiger partial charge in [-0.3, -0.25) is 0 Å². The van der Waals surface area contributed by atoms with Crippen molar-refractivity contribution < 1.29 is 4.74 Å². The summed E-state index contributed by atoms with van der Waals surface area (Å²) in [5, 5.41) is 13.6. The first kappa shape index (κ1) is 15.4. The van der Waals surface area contributed by atoms with E-state index in [0.717, 1.165) is 15.7 Å². The molecule has 0 aliphatic heterocycles. The van der Waals surface area contributed by atoms with Crippen LogP contribution < -0.4 is 15.0 Å². The molecule has 21 heavy (non-hydrogen) atoms. The minimum Gasteiger partial charge on any atom is -0.480 e. The van der Waals surface area contributed by atoms with Gasteiger partial charge in [0.05, 0.1) is 29.1 Å². The Labute approximate surface area is 132 Å². The maximum Gasteiger partial charge on any atom is 0.231 e. The molecule has 2 aromatic rings. The second-order valence-corrected chi connectivity index (χ2v) is 5.95. The minimum atomic E-state index is 0.451. The van der Waals surface area contributed by atoms with Crippen molar-refractivity contribution in [1.29, 1.82) is 5.26 Å². The Hall–Kier alpha value is -1.97. The minimum absolute atomic E-state index is 0.451. The van der Waals surface area contributed by atoms with Crippen molar-refractivity contribution in [1.82, 2.24) is 4.98 Å². The third kappa shape index (κ3) is 3.57. The molecule has 0 amide bonds. The zero-order chi connectivity index (χ0) is 15.4. The van der Waals surface area contributed by atoms with Gasteiger partial charge in [0, 0.05) is 19.8 Å². The van der Waals surface area contributed by atoms with Gasteiger partial charge in [-0.05, 0) is 18.2 Å². The Kier molecular flexibility index (Phi) is 4.89. The monoisotopic (exact) mass is 322 g/mol. The number of thiazole rings is 1. The maximum atomic E-state index is 8.98. The van der Waals surface area contributed by atoms with E-state index >= 15 is 0 Å². The van der Waals surface area contributed by atoms with Crippen molar-refractivity contribution >= 4 is 33.8 Å². The van der Waals surface area contributed by atoms with Gasteiger partial charge in [-0.15, -0.1) is 0 Å². The number of hydrogen-bond acceptors (Lipinski definition) is 6. The number of nitriles is 1. The van der Waals surface area contributed by atoms with Crippen LogP contribution in [0.2, 0.25) is 5.02 Å². The molecule has 7 heteroatoms. The molecule has 0 saturated heterocycles. The van der Waals surface area contributed by atoms with Crippen molar-refractivity contribution in [2.24, 2.45) is 0 Å².